The minimum atomic E-state index is -4.09. The Bertz CT molecular complexity index is 628. The molecule has 1 rings (SSSR count). The first-order valence-corrected chi connectivity index (χ1v) is 7.13. The third-order valence-electron chi connectivity index (χ3n) is 2.68. The molecule has 0 heterocycles. The fourth-order valence-corrected chi connectivity index (χ4v) is 3.19. The van der Waals surface area contributed by atoms with Crippen molar-refractivity contribution in [2.24, 2.45) is 0 Å². The third kappa shape index (κ3) is 3.15. The maximum absolute atomic E-state index is 13.8. The third-order valence-corrected chi connectivity index (χ3v) is 4.93. The average molecular weight is 306 g/mol. The van der Waals surface area contributed by atoms with Crippen LogP contribution in [0.1, 0.15) is 13.3 Å². The van der Waals surface area contributed by atoms with Crippen molar-refractivity contribution >= 4 is 27.3 Å². The van der Waals surface area contributed by atoms with Gasteiger partial charge in [0.25, 0.3) is 0 Å². The standard InChI is InChI=1S/C11H13ClFN3O2S/c1-7(3-4-14)16(2)19(17,18)10-6-8(15)5-9(12)11(10)13/h5-7H,3,15H2,1-2H3. The number of anilines is 1. The average Bonchev–Trinajstić information content (AvgIpc) is 2.32. The Morgan fingerprint density at radius 3 is 2.68 bits per heavy atom. The first kappa shape index (κ1) is 15.7. The van der Waals surface area contributed by atoms with Crippen LogP contribution >= 0.6 is 11.6 Å². The zero-order valence-corrected chi connectivity index (χ0v) is 12.0. The molecule has 0 spiro atoms. The van der Waals surface area contributed by atoms with Crippen molar-refractivity contribution in [2.45, 2.75) is 24.3 Å². The van der Waals surface area contributed by atoms with Crippen molar-refractivity contribution in [3.8, 4) is 6.07 Å². The van der Waals surface area contributed by atoms with E-state index in [0.717, 1.165) is 16.4 Å². The number of halogens is 2. The first-order chi connectivity index (χ1) is 8.71. The molecule has 104 valence electrons. The molecule has 5 nitrogen and oxygen atoms in total. The van der Waals surface area contributed by atoms with E-state index in [4.69, 9.17) is 22.6 Å². The molecule has 0 amide bonds. The molecule has 1 unspecified atom stereocenters. The predicted molar refractivity (Wildman–Crippen MR) is 70.5 cm³/mol. The van der Waals surface area contributed by atoms with Gasteiger partial charge in [0, 0.05) is 18.8 Å². The van der Waals surface area contributed by atoms with Gasteiger partial charge in [-0.3, -0.25) is 0 Å². The molecule has 0 aliphatic carbocycles. The molecule has 0 aromatic heterocycles. The molecule has 0 saturated carbocycles. The van der Waals surface area contributed by atoms with E-state index in [1.54, 1.807) is 6.92 Å². The zero-order valence-electron chi connectivity index (χ0n) is 10.4. The molecular formula is C11H13ClFN3O2S. The molecule has 0 saturated heterocycles. The Kier molecular flexibility index (Phi) is 4.74. The summed E-state index contributed by atoms with van der Waals surface area (Å²) in [6.07, 6.45) is -0.00655. The predicted octanol–water partition coefficient (Wildman–Crippen LogP) is 1.98. The van der Waals surface area contributed by atoms with Crippen LogP contribution in [-0.2, 0) is 10.0 Å². The van der Waals surface area contributed by atoms with Crippen LogP contribution in [0, 0.1) is 17.1 Å². The number of nitriles is 1. The number of nitrogen functional groups attached to an aromatic ring is 1. The summed E-state index contributed by atoms with van der Waals surface area (Å²) in [7, 11) is -2.82. The van der Waals surface area contributed by atoms with E-state index in [-0.39, 0.29) is 17.1 Å². The summed E-state index contributed by atoms with van der Waals surface area (Å²) in [5, 5.41) is 8.22. The highest BCUT2D eigenvalue weighted by atomic mass is 35.5. The zero-order chi connectivity index (χ0) is 14.8. The number of nitrogens with two attached hydrogens (primary N) is 1. The Labute approximate surface area is 116 Å². The molecule has 0 aliphatic rings. The largest absolute Gasteiger partial charge is 0.399 e. The molecule has 1 aromatic carbocycles. The van der Waals surface area contributed by atoms with Crippen molar-refractivity contribution in [1.29, 1.82) is 5.26 Å². The highest BCUT2D eigenvalue weighted by molar-refractivity contribution is 7.89. The molecule has 0 fully saturated rings. The van der Waals surface area contributed by atoms with Crippen LogP contribution in [0.3, 0.4) is 0 Å². The molecule has 0 radical (unpaired) electrons. The summed E-state index contributed by atoms with van der Waals surface area (Å²) in [6, 6.07) is 3.41. The van der Waals surface area contributed by atoms with Crippen molar-refractivity contribution in [3.05, 3.63) is 23.0 Å². The highest BCUT2D eigenvalue weighted by Gasteiger charge is 2.29. The Morgan fingerprint density at radius 1 is 1.58 bits per heavy atom. The summed E-state index contributed by atoms with van der Waals surface area (Å²) in [5.74, 6) is -1.05. The number of benzene rings is 1. The Balaban J connectivity index is 3.33. The van der Waals surface area contributed by atoms with Gasteiger partial charge in [-0.15, -0.1) is 0 Å². The van der Waals surface area contributed by atoms with Crippen LogP contribution in [0.25, 0.3) is 0 Å². The normalized spacial score (nSPS) is 13.3. The fraction of sp³-hybridized carbons (Fsp3) is 0.364. The van der Waals surface area contributed by atoms with Crippen LogP contribution in [0.15, 0.2) is 17.0 Å². The smallest absolute Gasteiger partial charge is 0.246 e. The molecular weight excluding hydrogens is 293 g/mol. The van der Waals surface area contributed by atoms with Gasteiger partial charge in [0.1, 0.15) is 4.90 Å². The number of sulfonamides is 1. The van der Waals surface area contributed by atoms with Crippen molar-refractivity contribution in [2.75, 3.05) is 12.8 Å². The Hall–Kier alpha value is -1.36. The summed E-state index contributed by atoms with van der Waals surface area (Å²) < 4.78 is 39.2. The monoisotopic (exact) mass is 305 g/mol. The van der Waals surface area contributed by atoms with Gasteiger partial charge in [0.05, 0.1) is 17.5 Å². The number of hydrogen-bond donors (Lipinski definition) is 1. The fourth-order valence-electron chi connectivity index (χ4n) is 1.42. The van der Waals surface area contributed by atoms with Gasteiger partial charge >= 0.3 is 0 Å². The van der Waals surface area contributed by atoms with Gasteiger partial charge in [0.2, 0.25) is 10.0 Å². The molecule has 8 heteroatoms. The van der Waals surface area contributed by atoms with E-state index in [1.807, 2.05) is 6.07 Å². The van der Waals surface area contributed by atoms with E-state index in [2.05, 4.69) is 0 Å². The topological polar surface area (TPSA) is 87.2 Å². The lowest BCUT2D eigenvalue weighted by molar-refractivity contribution is 0.390. The van der Waals surface area contributed by atoms with Crippen molar-refractivity contribution < 1.29 is 12.8 Å². The summed E-state index contributed by atoms with van der Waals surface area (Å²) in [5.41, 5.74) is 5.52. The van der Waals surface area contributed by atoms with Crippen LogP contribution in [0.5, 0.6) is 0 Å². The number of nitrogens with zero attached hydrogens (tertiary/aromatic N) is 2. The van der Waals surface area contributed by atoms with E-state index in [9.17, 15) is 12.8 Å². The van der Waals surface area contributed by atoms with Crippen LogP contribution in [0.4, 0.5) is 10.1 Å². The van der Waals surface area contributed by atoms with Gasteiger partial charge in [-0.1, -0.05) is 11.6 Å². The summed E-state index contributed by atoms with van der Waals surface area (Å²) >= 11 is 5.58. The minimum absolute atomic E-state index is 0.00655. The van der Waals surface area contributed by atoms with Crippen molar-refractivity contribution in [3.63, 3.8) is 0 Å². The van der Waals surface area contributed by atoms with Gasteiger partial charge in [-0.25, -0.2) is 12.8 Å². The molecule has 2 N–H and O–H groups in total. The Morgan fingerprint density at radius 2 is 2.16 bits per heavy atom. The molecule has 1 aromatic rings. The second-order valence-electron chi connectivity index (χ2n) is 4.05. The van der Waals surface area contributed by atoms with Gasteiger partial charge in [-0.05, 0) is 19.1 Å². The molecule has 0 bridgehead atoms. The van der Waals surface area contributed by atoms with Gasteiger partial charge in [0.15, 0.2) is 5.82 Å². The number of hydrogen-bond acceptors (Lipinski definition) is 4. The lowest BCUT2D eigenvalue weighted by Crippen LogP contribution is -2.35. The van der Waals surface area contributed by atoms with Crippen LogP contribution in [0.2, 0.25) is 5.02 Å². The van der Waals surface area contributed by atoms with Gasteiger partial charge < -0.3 is 5.73 Å². The summed E-state index contributed by atoms with van der Waals surface area (Å²) in [6.45, 7) is 1.55. The molecule has 19 heavy (non-hydrogen) atoms. The van der Waals surface area contributed by atoms with E-state index >= 15 is 0 Å². The van der Waals surface area contributed by atoms with Crippen LogP contribution < -0.4 is 5.73 Å². The van der Waals surface area contributed by atoms with Crippen LogP contribution in [-0.4, -0.2) is 25.8 Å². The maximum Gasteiger partial charge on any atom is 0.246 e. The maximum atomic E-state index is 13.8. The highest BCUT2D eigenvalue weighted by Crippen LogP contribution is 2.28. The minimum Gasteiger partial charge on any atom is -0.399 e. The first-order valence-electron chi connectivity index (χ1n) is 5.31. The van der Waals surface area contributed by atoms with E-state index < -0.39 is 26.8 Å². The molecule has 1 atom stereocenters. The SMILES string of the molecule is CC(CC#N)N(C)S(=O)(=O)c1cc(N)cc(Cl)c1F. The lowest BCUT2D eigenvalue weighted by Gasteiger charge is -2.22. The van der Waals surface area contributed by atoms with E-state index in [1.165, 1.54) is 7.05 Å². The quantitative estimate of drug-likeness (QED) is 0.862. The number of rotatable bonds is 4. The molecule has 0 aliphatic heterocycles. The van der Waals surface area contributed by atoms with E-state index in [0.29, 0.717) is 0 Å². The van der Waals surface area contributed by atoms with Crippen molar-refractivity contribution in [1.82, 2.24) is 4.31 Å². The second kappa shape index (κ2) is 5.74. The lowest BCUT2D eigenvalue weighted by atomic mass is 10.3. The summed E-state index contributed by atoms with van der Waals surface area (Å²) in [4.78, 5) is -0.593. The second-order valence-corrected chi connectivity index (χ2v) is 6.42. The van der Waals surface area contributed by atoms with Gasteiger partial charge in [-0.2, -0.15) is 9.57 Å².